The van der Waals surface area contributed by atoms with Gasteiger partial charge in [-0.15, -0.1) is 0 Å². The average Bonchev–Trinajstić information content (AvgIpc) is 2.57. The summed E-state index contributed by atoms with van der Waals surface area (Å²) in [6, 6.07) is 10.4. The molecule has 0 atom stereocenters. The molecule has 154 valence electrons. The second-order valence-electron chi connectivity index (χ2n) is 6.17. The van der Waals surface area contributed by atoms with E-state index < -0.39 is 0 Å². The number of carbonyl (C=O) groups excluding carboxylic acids is 2. The summed E-state index contributed by atoms with van der Waals surface area (Å²) in [4.78, 5) is 22.0. The Labute approximate surface area is 167 Å². The number of nitrogens with one attached hydrogen (secondary N) is 2. The second kappa shape index (κ2) is 11.6. The van der Waals surface area contributed by atoms with E-state index in [9.17, 15) is 19.8 Å². The standard InChI is InChI=1S/C20H24N2O4.2CH4/c1-13(23)21-9-7-15-3-5-19(25)17(11-15)18-12-16(4-6-20(18)26)8-10-22-14(2)24;;/h3-6,11-12,25-26H,7-10H2,1-2H3,(H,21,23)(H,22,24);2*1H4. The normalized spacial score (nSPS) is 9.64. The number of carbonyl (C=O) groups is 2. The van der Waals surface area contributed by atoms with Gasteiger partial charge in [-0.25, -0.2) is 0 Å². The first-order valence-electron chi connectivity index (χ1n) is 8.50. The van der Waals surface area contributed by atoms with Gasteiger partial charge < -0.3 is 20.8 Å². The summed E-state index contributed by atoms with van der Waals surface area (Å²) in [6.45, 7) is 3.93. The zero-order valence-corrected chi connectivity index (χ0v) is 15.0. The van der Waals surface area contributed by atoms with Gasteiger partial charge in [-0.05, 0) is 48.2 Å². The van der Waals surface area contributed by atoms with E-state index in [1.165, 1.54) is 13.8 Å². The van der Waals surface area contributed by atoms with Crippen LogP contribution < -0.4 is 10.6 Å². The molecular weight excluding hydrogens is 356 g/mol. The number of phenolic OH excluding ortho intramolecular Hbond substituents is 2. The Morgan fingerprint density at radius 2 is 1.11 bits per heavy atom. The molecule has 2 aromatic rings. The Hall–Kier alpha value is -3.02. The Bertz CT molecular complexity index is 736. The van der Waals surface area contributed by atoms with Gasteiger partial charge in [-0.3, -0.25) is 9.59 Å². The molecule has 2 amide bonds. The summed E-state index contributed by atoms with van der Waals surface area (Å²) in [6.07, 6.45) is 1.24. The summed E-state index contributed by atoms with van der Waals surface area (Å²) >= 11 is 0. The zero-order chi connectivity index (χ0) is 19.1. The first-order valence-corrected chi connectivity index (χ1v) is 8.50. The van der Waals surface area contributed by atoms with E-state index >= 15 is 0 Å². The van der Waals surface area contributed by atoms with Gasteiger partial charge in [0.1, 0.15) is 11.5 Å². The number of aromatic hydroxyl groups is 2. The first-order chi connectivity index (χ1) is 12.4. The topological polar surface area (TPSA) is 98.7 Å². The highest BCUT2D eigenvalue weighted by molar-refractivity contribution is 5.76. The minimum absolute atomic E-state index is 0. The number of benzene rings is 2. The average molecular weight is 389 g/mol. The minimum atomic E-state index is -0.0893. The van der Waals surface area contributed by atoms with Gasteiger partial charge in [0.2, 0.25) is 11.8 Å². The minimum Gasteiger partial charge on any atom is -0.507 e. The zero-order valence-electron chi connectivity index (χ0n) is 15.0. The lowest BCUT2D eigenvalue weighted by Crippen LogP contribution is -2.22. The predicted molar refractivity (Wildman–Crippen MR) is 113 cm³/mol. The van der Waals surface area contributed by atoms with Crippen LogP contribution in [-0.4, -0.2) is 35.1 Å². The van der Waals surface area contributed by atoms with Crippen LogP contribution in [0.25, 0.3) is 11.1 Å². The Morgan fingerprint density at radius 1 is 0.750 bits per heavy atom. The first kappa shape index (κ1) is 25.0. The molecular formula is C22H32N2O4. The molecule has 0 unspecified atom stereocenters. The maximum Gasteiger partial charge on any atom is 0.216 e. The number of hydrogen-bond donors (Lipinski definition) is 4. The van der Waals surface area contributed by atoms with E-state index in [2.05, 4.69) is 10.6 Å². The highest BCUT2D eigenvalue weighted by atomic mass is 16.3. The largest absolute Gasteiger partial charge is 0.507 e. The van der Waals surface area contributed by atoms with Gasteiger partial charge in [0.25, 0.3) is 0 Å². The Balaban J connectivity index is 0.00000364. The lowest BCUT2D eigenvalue weighted by Gasteiger charge is -2.12. The van der Waals surface area contributed by atoms with Crippen molar-refractivity contribution in [2.75, 3.05) is 13.1 Å². The van der Waals surface area contributed by atoms with Gasteiger partial charge in [0.15, 0.2) is 0 Å². The lowest BCUT2D eigenvalue weighted by molar-refractivity contribution is -0.119. The molecule has 28 heavy (non-hydrogen) atoms. The number of phenols is 2. The number of hydrogen-bond acceptors (Lipinski definition) is 4. The highest BCUT2D eigenvalue weighted by Gasteiger charge is 2.11. The van der Waals surface area contributed by atoms with Crippen LogP contribution in [0.15, 0.2) is 36.4 Å². The van der Waals surface area contributed by atoms with Crippen molar-refractivity contribution in [3.8, 4) is 22.6 Å². The fourth-order valence-electron chi connectivity index (χ4n) is 2.67. The van der Waals surface area contributed by atoms with E-state index in [4.69, 9.17) is 0 Å². The molecule has 0 saturated heterocycles. The molecule has 0 fully saturated rings. The van der Waals surface area contributed by atoms with E-state index in [1.807, 2.05) is 12.1 Å². The van der Waals surface area contributed by atoms with Gasteiger partial charge in [-0.2, -0.15) is 0 Å². The fourth-order valence-corrected chi connectivity index (χ4v) is 2.67. The highest BCUT2D eigenvalue weighted by Crippen LogP contribution is 2.36. The molecule has 0 aromatic heterocycles. The van der Waals surface area contributed by atoms with Gasteiger partial charge in [0, 0.05) is 38.1 Å². The van der Waals surface area contributed by atoms with E-state index in [0.29, 0.717) is 37.1 Å². The Morgan fingerprint density at radius 3 is 1.43 bits per heavy atom. The van der Waals surface area contributed by atoms with Crippen molar-refractivity contribution < 1.29 is 19.8 Å². The molecule has 0 bridgehead atoms. The lowest BCUT2D eigenvalue weighted by atomic mass is 9.97. The maximum atomic E-state index is 11.0. The van der Waals surface area contributed by atoms with Gasteiger partial charge in [0.05, 0.1) is 0 Å². The van der Waals surface area contributed by atoms with E-state index in [1.54, 1.807) is 24.3 Å². The van der Waals surface area contributed by atoms with Crippen LogP contribution in [0.5, 0.6) is 11.5 Å². The molecule has 0 saturated carbocycles. The monoisotopic (exact) mass is 388 g/mol. The SMILES string of the molecule is C.C.CC(=O)NCCc1ccc(O)c(-c2cc(CCNC(C)=O)ccc2O)c1. The Kier molecular flexibility index (Phi) is 10.4. The van der Waals surface area contributed by atoms with Crippen LogP contribution >= 0.6 is 0 Å². The van der Waals surface area contributed by atoms with Crippen LogP contribution in [0.2, 0.25) is 0 Å². The third kappa shape index (κ3) is 7.31. The molecule has 4 N–H and O–H groups in total. The van der Waals surface area contributed by atoms with Crippen molar-refractivity contribution in [3.63, 3.8) is 0 Å². The molecule has 0 spiro atoms. The molecule has 0 heterocycles. The summed E-state index contributed by atoms with van der Waals surface area (Å²) in [5.74, 6) is -0.0350. The maximum absolute atomic E-state index is 11.0. The molecule has 0 radical (unpaired) electrons. The molecule has 2 rings (SSSR count). The van der Waals surface area contributed by atoms with Crippen molar-refractivity contribution >= 4 is 11.8 Å². The predicted octanol–water partition coefficient (Wildman–Crippen LogP) is 3.39. The quantitative estimate of drug-likeness (QED) is 0.584. The third-order valence-electron chi connectivity index (χ3n) is 3.99. The third-order valence-corrected chi connectivity index (χ3v) is 3.99. The molecule has 0 aliphatic carbocycles. The van der Waals surface area contributed by atoms with Crippen LogP contribution in [-0.2, 0) is 22.4 Å². The van der Waals surface area contributed by atoms with Crippen LogP contribution in [0.4, 0.5) is 0 Å². The van der Waals surface area contributed by atoms with Gasteiger partial charge in [-0.1, -0.05) is 27.0 Å². The number of amides is 2. The fraction of sp³-hybridized carbons (Fsp3) is 0.364. The molecule has 6 heteroatoms. The van der Waals surface area contributed by atoms with Crippen LogP contribution in [0, 0.1) is 0 Å². The number of rotatable bonds is 7. The van der Waals surface area contributed by atoms with Crippen molar-refractivity contribution in [2.45, 2.75) is 41.5 Å². The van der Waals surface area contributed by atoms with Crippen molar-refractivity contribution in [3.05, 3.63) is 47.5 Å². The van der Waals surface area contributed by atoms with E-state index in [-0.39, 0.29) is 38.2 Å². The summed E-state index contributed by atoms with van der Waals surface area (Å²) in [5.41, 5.74) is 2.94. The summed E-state index contributed by atoms with van der Waals surface area (Å²) in [7, 11) is 0. The second-order valence-corrected chi connectivity index (χ2v) is 6.17. The van der Waals surface area contributed by atoms with Crippen molar-refractivity contribution in [1.82, 2.24) is 10.6 Å². The molecule has 6 nitrogen and oxygen atoms in total. The molecule has 2 aromatic carbocycles. The molecule has 0 aliphatic heterocycles. The molecule has 0 aliphatic rings. The van der Waals surface area contributed by atoms with Crippen LogP contribution in [0.3, 0.4) is 0 Å². The van der Waals surface area contributed by atoms with Crippen LogP contribution in [0.1, 0.15) is 39.8 Å². The summed E-state index contributed by atoms with van der Waals surface area (Å²) in [5, 5.41) is 25.9. The van der Waals surface area contributed by atoms with Crippen molar-refractivity contribution in [1.29, 1.82) is 0 Å². The van der Waals surface area contributed by atoms with E-state index in [0.717, 1.165) is 11.1 Å². The smallest absolute Gasteiger partial charge is 0.216 e. The summed E-state index contributed by atoms with van der Waals surface area (Å²) < 4.78 is 0. The van der Waals surface area contributed by atoms with Gasteiger partial charge >= 0.3 is 0 Å². The van der Waals surface area contributed by atoms with Crippen molar-refractivity contribution in [2.24, 2.45) is 0 Å².